The Morgan fingerprint density at radius 1 is 1.31 bits per heavy atom. The van der Waals surface area contributed by atoms with Crippen LogP contribution in [0.4, 0.5) is 0 Å². The summed E-state index contributed by atoms with van der Waals surface area (Å²) in [5.41, 5.74) is 2.87. The molecule has 8 heteroatoms. The fraction of sp³-hybridized carbons (Fsp3) is 0.500. The highest BCUT2D eigenvalue weighted by Gasteiger charge is 2.36. The Bertz CT molecular complexity index is 862. The molecule has 1 fully saturated rings. The number of ether oxygens (including phenoxy) is 1. The molecule has 0 spiro atoms. The number of amides is 1. The number of aryl methyl sites for hydroxylation is 2. The highest BCUT2D eigenvalue weighted by molar-refractivity contribution is 5.98. The first-order valence-electron chi connectivity index (χ1n) is 8.76. The lowest BCUT2D eigenvalue weighted by Gasteiger charge is -2.26. The van der Waals surface area contributed by atoms with Gasteiger partial charge in [0.2, 0.25) is 0 Å². The van der Waals surface area contributed by atoms with Gasteiger partial charge in [-0.15, -0.1) is 0 Å². The Balaban J connectivity index is 1.73. The second-order valence-corrected chi connectivity index (χ2v) is 6.79. The van der Waals surface area contributed by atoms with Crippen LogP contribution < -0.4 is 0 Å². The van der Waals surface area contributed by atoms with E-state index in [4.69, 9.17) is 9.26 Å². The van der Waals surface area contributed by atoms with Gasteiger partial charge in [-0.2, -0.15) is 0 Å². The summed E-state index contributed by atoms with van der Waals surface area (Å²) in [5, 5.41) is 13.5. The highest BCUT2D eigenvalue weighted by atomic mass is 16.5. The SMILES string of the molecule is Cc1noc(C)c1C1CCCN1C(=O)c1cc(C(=O)O)c2n1CCOC2. The molecule has 138 valence electrons. The maximum atomic E-state index is 13.3. The van der Waals surface area contributed by atoms with Crippen LogP contribution in [-0.4, -0.2) is 44.8 Å². The maximum absolute atomic E-state index is 13.3. The van der Waals surface area contributed by atoms with Crippen LogP contribution in [0.2, 0.25) is 0 Å². The third kappa shape index (κ3) is 2.52. The van der Waals surface area contributed by atoms with E-state index in [1.807, 2.05) is 18.7 Å². The highest BCUT2D eigenvalue weighted by Crippen LogP contribution is 2.37. The van der Waals surface area contributed by atoms with Crippen molar-refractivity contribution < 1.29 is 24.0 Å². The smallest absolute Gasteiger partial charge is 0.337 e. The largest absolute Gasteiger partial charge is 0.478 e. The van der Waals surface area contributed by atoms with E-state index in [1.54, 1.807) is 4.57 Å². The molecule has 1 atom stereocenters. The molecular weight excluding hydrogens is 338 g/mol. The maximum Gasteiger partial charge on any atom is 0.337 e. The number of carbonyl (C=O) groups excluding carboxylic acids is 1. The van der Waals surface area contributed by atoms with E-state index in [9.17, 15) is 14.7 Å². The van der Waals surface area contributed by atoms with Crippen molar-refractivity contribution in [3.63, 3.8) is 0 Å². The van der Waals surface area contributed by atoms with Crippen LogP contribution in [0.25, 0.3) is 0 Å². The Morgan fingerprint density at radius 2 is 2.12 bits per heavy atom. The quantitative estimate of drug-likeness (QED) is 0.903. The minimum atomic E-state index is -1.04. The molecule has 8 nitrogen and oxygen atoms in total. The fourth-order valence-corrected chi connectivity index (χ4v) is 4.11. The van der Waals surface area contributed by atoms with Gasteiger partial charge in [-0.05, 0) is 32.8 Å². The Morgan fingerprint density at radius 3 is 2.81 bits per heavy atom. The summed E-state index contributed by atoms with van der Waals surface area (Å²) in [6.45, 7) is 5.53. The molecule has 0 aromatic carbocycles. The standard InChI is InChI=1S/C18H21N3O5/c1-10-16(11(2)26-19-10)13-4-3-5-21(13)17(22)14-8-12(18(23)24)15-9-25-7-6-20(14)15/h8,13H,3-7,9H2,1-2H3,(H,23,24). The van der Waals surface area contributed by atoms with E-state index in [0.717, 1.165) is 29.9 Å². The number of aromatic carboxylic acids is 1. The molecule has 1 amide bonds. The van der Waals surface area contributed by atoms with E-state index in [0.29, 0.717) is 31.1 Å². The van der Waals surface area contributed by atoms with E-state index >= 15 is 0 Å². The molecule has 2 aliphatic heterocycles. The average molecular weight is 359 g/mol. The number of carboxylic acid groups (broad SMARTS) is 1. The molecular formula is C18H21N3O5. The van der Waals surface area contributed by atoms with Gasteiger partial charge in [0.05, 0.1) is 36.2 Å². The average Bonchev–Trinajstić information content (AvgIpc) is 3.31. The Kier molecular flexibility index (Phi) is 4.07. The van der Waals surface area contributed by atoms with Gasteiger partial charge < -0.3 is 23.8 Å². The zero-order valence-electron chi connectivity index (χ0n) is 14.8. The van der Waals surface area contributed by atoms with Gasteiger partial charge in [-0.1, -0.05) is 5.16 Å². The summed E-state index contributed by atoms with van der Waals surface area (Å²) in [6, 6.07) is 1.39. The molecule has 0 radical (unpaired) electrons. The van der Waals surface area contributed by atoms with Crippen molar-refractivity contribution in [3.05, 3.63) is 40.0 Å². The number of likely N-dealkylation sites (tertiary alicyclic amines) is 1. The molecule has 1 unspecified atom stereocenters. The van der Waals surface area contributed by atoms with Gasteiger partial charge in [0.25, 0.3) is 5.91 Å². The van der Waals surface area contributed by atoms with Crippen LogP contribution >= 0.6 is 0 Å². The Labute approximate surface area is 150 Å². The normalized spacial score (nSPS) is 19.6. The van der Waals surface area contributed by atoms with Crippen molar-refractivity contribution in [1.29, 1.82) is 0 Å². The fourth-order valence-electron chi connectivity index (χ4n) is 4.11. The van der Waals surface area contributed by atoms with Gasteiger partial charge in [0.15, 0.2) is 0 Å². The topological polar surface area (TPSA) is 97.8 Å². The van der Waals surface area contributed by atoms with E-state index in [-0.39, 0.29) is 24.1 Å². The summed E-state index contributed by atoms with van der Waals surface area (Å²) in [7, 11) is 0. The van der Waals surface area contributed by atoms with Crippen molar-refractivity contribution in [2.45, 2.75) is 45.9 Å². The van der Waals surface area contributed by atoms with Gasteiger partial charge in [0, 0.05) is 18.7 Å². The van der Waals surface area contributed by atoms with Crippen molar-refractivity contribution in [1.82, 2.24) is 14.6 Å². The monoisotopic (exact) mass is 359 g/mol. The Hall–Kier alpha value is -2.61. The van der Waals surface area contributed by atoms with E-state index in [2.05, 4.69) is 5.16 Å². The second-order valence-electron chi connectivity index (χ2n) is 6.79. The zero-order chi connectivity index (χ0) is 18.4. The van der Waals surface area contributed by atoms with Gasteiger partial charge in [0.1, 0.15) is 11.5 Å². The predicted octanol–water partition coefficient (Wildman–Crippen LogP) is 2.30. The second kappa shape index (κ2) is 6.28. The number of aromatic nitrogens is 2. The summed E-state index contributed by atoms with van der Waals surface area (Å²) in [4.78, 5) is 26.7. The summed E-state index contributed by atoms with van der Waals surface area (Å²) in [6.07, 6.45) is 1.74. The lowest BCUT2D eigenvalue weighted by Crippen LogP contribution is -2.33. The molecule has 0 aliphatic carbocycles. The number of carbonyl (C=O) groups is 2. The summed E-state index contributed by atoms with van der Waals surface area (Å²) < 4.78 is 12.5. The van der Waals surface area contributed by atoms with Crippen molar-refractivity contribution in [2.75, 3.05) is 13.2 Å². The molecule has 2 aliphatic rings. The minimum Gasteiger partial charge on any atom is -0.478 e. The molecule has 4 rings (SSSR count). The first-order chi connectivity index (χ1) is 12.5. The van der Waals surface area contributed by atoms with Crippen LogP contribution in [0, 0.1) is 13.8 Å². The van der Waals surface area contributed by atoms with Gasteiger partial charge in [-0.25, -0.2) is 4.79 Å². The third-order valence-corrected chi connectivity index (χ3v) is 5.29. The van der Waals surface area contributed by atoms with Gasteiger partial charge in [-0.3, -0.25) is 4.79 Å². The molecule has 2 aromatic heterocycles. The van der Waals surface area contributed by atoms with E-state index in [1.165, 1.54) is 6.07 Å². The minimum absolute atomic E-state index is 0.0898. The van der Waals surface area contributed by atoms with Crippen LogP contribution in [0.15, 0.2) is 10.6 Å². The molecule has 26 heavy (non-hydrogen) atoms. The van der Waals surface area contributed by atoms with Gasteiger partial charge >= 0.3 is 5.97 Å². The number of carboxylic acids is 1. The number of fused-ring (bicyclic) bond motifs is 1. The van der Waals surface area contributed by atoms with Crippen molar-refractivity contribution in [2.24, 2.45) is 0 Å². The van der Waals surface area contributed by atoms with Crippen LogP contribution in [0.1, 0.15) is 62.4 Å². The molecule has 0 saturated carbocycles. The third-order valence-electron chi connectivity index (χ3n) is 5.29. The van der Waals surface area contributed by atoms with Crippen molar-refractivity contribution in [3.8, 4) is 0 Å². The number of nitrogens with zero attached hydrogens (tertiary/aromatic N) is 3. The zero-order valence-corrected chi connectivity index (χ0v) is 14.8. The number of hydrogen-bond donors (Lipinski definition) is 1. The lowest BCUT2D eigenvalue weighted by atomic mass is 10.0. The molecule has 0 bridgehead atoms. The number of rotatable bonds is 3. The first-order valence-corrected chi connectivity index (χ1v) is 8.76. The van der Waals surface area contributed by atoms with Crippen LogP contribution in [0.3, 0.4) is 0 Å². The number of hydrogen-bond acceptors (Lipinski definition) is 5. The lowest BCUT2D eigenvalue weighted by molar-refractivity contribution is 0.0637. The van der Waals surface area contributed by atoms with Crippen LogP contribution in [-0.2, 0) is 17.9 Å². The summed E-state index contributed by atoms with van der Waals surface area (Å²) in [5.74, 6) is -0.464. The molecule has 1 N–H and O–H groups in total. The van der Waals surface area contributed by atoms with Crippen LogP contribution in [0.5, 0.6) is 0 Å². The molecule has 2 aromatic rings. The first kappa shape index (κ1) is 16.8. The van der Waals surface area contributed by atoms with Crippen molar-refractivity contribution >= 4 is 11.9 Å². The molecule has 4 heterocycles. The molecule has 1 saturated heterocycles. The predicted molar refractivity (Wildman–Crippen MR) is 90.0 cm³/mol. The van der Waals surface area contributed by atoms with E-state index < -0.39 is 5.97 Å². The summed E-state index contributed by atoms with van der Waals surface area (Å²) >= 11 is 0.